The Morgan fingerprint density at radius 1 is 1.32 bits per heavy atom. The molecule has 28 heavy (non-hydrogen) atoms. The van der Waals surface area contributed by atoms with E-state index in [0.717, 1.165) is 0 Å². The summed E-state index contributed by atoms with van der Waals surface area (Å²) < 4.78 is 24.6. The quantitative estimate of drug-likeness (QED) is 0.521. The number of pyridine rings is 1. The van der Waals surface area contributed by atoms with Crippen molar-refractivity contribution in [3.8, 4) is 17.2 Å². The van der Waals surface area contributed by atoms with E-state index in [2.05, 4.69) is 10.3 Å². The lowest BCUT2D eigenvalue weighted by Gasteiger charge is -2.18. The molecule has 1 aromatic heterocycles. The fourth-order valence-corrected chi connectivity index (χ4v) is 2.82. The van der Waals surface area contributed by atoms with Gasteiger partial charge in [-0.2, -0.15) is 9.37 Å². The molecule has 0 saturated heterocycles. The van der Waals surface area contributed by atoms with Crippen LogP contribution in [0, 0.1) is 5.95 Å². The molecule has 0 aliphatic heterocycles. The lowest BCUT2D eigenvalue weighted by atomic mass is 10.0. The van der Waals surface area contributed by atoms with E-state index in [1.165, 1.54) is 19.2 Å². The number of ether oxygens (including phenoxy) is 2. The second-order valence-corrected chi connectivity index (χ2v) is 6.93. The Morgan fingerprint density at radius 2 is 2.00 bits per heavy atom. The number of phenolic OH excluding ortho intramolecular Hbond substituents is 1. The maximum Gasteiger partial charge on any atom is 0.328 e. The molecule has 1 heterocycles. The lowest BCUT2D eigenvalue weighted by Crippen LogP contribution is -2.34. The molecule has 0 radical (unpaired) electrons. The Balaban J connectivity index is 2.43. The number of phenols is 1. The van der Waals surface area contributed by atoms with Crippen LogP contribution in [0.2, 0.25) is 10.0 Å². The predicted molar refractivity (Wildman–Crippen MR) is 103 cm³/mol. The molecule has 0 aliphatic rings. The largest absolute Gasteiger partial charge is 0.508 e. The maximum atomic E-state index is 14.2. The van der Waals surface area contributed by atoms with Crippen LogP contribution in [-0.4, -0.2) is 40.9 Å². The van der Waals surface area contributed by atoms with E-state index in [1.807, 2.05) is 13.8 Å². The van der Waals surface area contributed by atoms with Crippen molar-refractivity contribution in [2.45, 2.75) is 25.8 Å². The molecule has 3 N–H and O–H groups in total. The highest BCUT2D eigenvalue weighted by atomic mass is 35.5. The van der Waals surface area contributed by atoms with E-state index >= 15 is 0 Å². The van der Waals surface area contributed by atoms with E-state index in [9.17, 15) is 19.4 Å². The van der Waals surface area contributed by atoms with Crippen LogP contribution in [0.5, 0.6) is 17.2 Å². The highest BCUT2D eigenvalue weighted by Crippen LogP contribution is 2.42. The molecule has 7 nitrogen and oxygen atoms in total. The predicted octanol–water partition coefficient (Wildman–Crippen LogP) is 4.66. The SMILES string of the molecule is COC[C@H](Nc1nc(F)c(Cl)c(Oc2ccc(O)c(C(C)C)c2)c1Cl)C(=O)O. The minimum atomic E-state index is -1.24. The second kappa shape index (κ2) is 9.27. The summed E-state index contributed by atoms with van der Waals surface area (Å²) in [4.78, 5) is 14.8. The average Bonchev–Trinajstić information content (AvgIpc) is 2.63. The van der Waals surface area contributed by atoms with Crippen LogP contribution in [-0.2, 0) is 9.53 Å². The van der Waals surface area contributed by atoms with Gasteiger partial charge in [-0.15, -0.1) is 0 Å². The number of hydrogen-bond donors (Lipinski definition) is 3. The van der Waals surface area contributed by atoms with E-state index in [1.54, 1.807) is 6.07 Å². The summed E-state index contributed by atoms with van der Waals surface area (Å²) in [6.07, 6.45) is 0. The van der Waals surface area contributed by atoms with Gasteiger partial charge in [0.1, 0.15) is 27.6 Å². The number of rotatable bonds is 8. The monoisotopic (exact) mass is 432 g/mol. The number of hydrogen-bond acceptors (Lipinski definition) is 6. The number of benzene rings is 1. The number of carboxylic acid groups (broad SMARTS) is 1. The Bertz CT molecular complexity index is 880. The number of nitrogens with one attached hydrogen (secondary N) is 1. The zero-order valence-corrected chi connectivity index (χ0v) is 16.8. The van der Waals surface area contributed by atoms with Crippen molar-refractivity contribution in [3.05, 3.63) is 39.8 Å². The van der Waals surface area contributed by atoms with Gasteiger partial charge < -0.3 is 25.0 Å². The van der Waals surface area contributed by atoms with Gasteiger partial charge in [-0.05, 0) is 24.1 Å². The smallest absolute Gasteiger partial charge is 0.328 e. The first-order chi connectivity index (χ1) is 13.1. The zero-order chi connectivity index (χ0) is 21.0. The minimum Gasteiger partial charge on any atom is -0.508 e. The molecule has 10 heteroatoms. The number of carboxylic acids is 1. The highest BCUT2D eigenvalue weighted by Gasteiger charge is 2.24. The van der Waals surface area contributed by atoms with Gasteiger partial charge in [-0.3, -0.25) is 0 Å². The molecule has 152 valence electrons. The van der Waals surface area contributed by atoms with E-state index in [0.29, 0.717) is 5.56 Å². The van der Waals surface area contributed by atoms with Crippen molar-refractivity contribution < 1.29 is 28.9 Å². The number of halogens is 3. The van der Waals surface area contributed by atoms with Crippen LogP contribution in [0.25, 0.3) is 0 Å². The number of anilines is 1. The van der Waals surface area contributed by atoms with Gasteiger partial charge in [-0.1, -0.05) is 37.0 Å². The van der Waals surface area contributed by atoms with E-state index in [4.69, 9.17) is 32.7 Å². The molecule has 1 atom stereocenters. The molecule has 2 aromatic rings. The summed E-state index contributed by atoms with van der Waals surface area (Å²) in [7, 11) is 1.32. The van der Waals surface area contributed by atoms with Gasteiger partial charge in [0.15, 0.2) is 11.6 Å². The van der Waals surface area contributed by atoms with Crippen molar-refractivity contribution in [1.82, 2.24) is 4.98 Å². The van der Waals surface area contributed by atoms with Gasteiger partial charge in [0.25, 0.3) is 0 Å². The first-order valence-electron chi connectivity index (χ1n) is 8.19. The standard InChI is InChI=1S/C18H19Cl2FN2O5/c1-8(2)10-6-9(4-5-12(10)24)28-15-13(19)16(21)23-17(14(15)20)22-11(7-27-3)18(25)26/h4-6,8,11,24H,7H2,1-3H3,(H,22,23)(H,25,26)/t11-/m0/s1. The van der Waals surface area contributed by atoms with Gasteiger partial charge in [-0.25, -0.2) is 4.79 Å². The Hall–Kier alpha value is -2.29. The molecular formula is C18H19Cl2FN2O5. The number of aromatic nitrogens is 1. The molecule has 0 aliphatic carbocycles. The molecule has 1 aromatic carbocycles. The first-order valence-corrected chi connectivity index (χ1v) is 8.94. The van der Waals surface area contributed by atoms with Gasteiger partial charge in [0.2, 0.25) is 5.95 Å². The maximum absolute atomic E-state index is 14.2. The summed E-state index contributed by atoms with van der Waals surface area (Å²) in [5.74, 6) is -2.47. The van der Waals surface area contributed by atoms with Crippen LogP contribution in [0.15, 0.2) is 18.2 Å². The molecule has 2 rings (SSSR count). The van der Waals surface area contributed by atoms with Crippen molar-refractivity contribution in [1.29, 1.82) is 0 Å². The van der Waals surface area contributed by atoms with Crippen LogP contribution in [0.4, 0.5) is 10.2 Å². The van der Waals surface area contributed by atoms with Gasteiger partial charge >= 0.3 is 5.97 Å². The lowest BCUT2D eigenvalue weighted by molar-refractivity contribution is -0.139. The van der Waals surface area contributed by atoms with Crippen molar-refractivity contribution in [2.24, 2.45) is 0 Å². The fourth-order valence-electron chi connectivity index (χ4n) is 2.36. The van der Waals surface area contributed by atoms with Crippen LogP contribution < -0.4 is 10.1 Å². The molecule has 0 bridgehead atoms. The van der Waals surface area contributed by atoms with Crippen molar-refractivity contribution in [3.63, 3.8) is 0 Å². The highest BCUT2D eigenvalue weighted by molar-refractivity contribution is 6.38. The van der Waals surface area contributed by atoms with E-state index < -0.39 is 23.0 Å². The Labute approximate surface area is 171 Å². The zero-order valence-electron chi connectivity index (χ0n) is 15.3. The minimum absolute atomic E-state index is 0.00580. The molecular weight excluding hydrogens is 414 g/mol. The van der Waals surface area contributed by atoms with Crippen LogP contribution in [0.3, 0.4) is 0 Å². The average molecular weight is 433 g/mol. The summed E-state index contributed by atoms with van der Waals surface area (Å²) in [5.41, 5.74) is 0.614. The molecule has 0 amide bonds. The van der Waals surface area contributed by atoms with Crippen molar-refractivity contribution in [2.75, 3.05) is 19.0 Å². The third kappa shape index (κ3) is 4.95. The third-order valence-corrected chi connectivity index (χ3v) is 4.46. The first kappa shape index (κ1) is 22.0. The normalized spacial score (nSPS) is 12.1. The summed E-state index contributed by atoms with van der Waals surface area (Å²) >= 11 is 12.2. The second-order valence-electron chi connectivity index (χ2n) is 6.18. The topological polar surface area (TPSA) is 101 Å². The molecule has 0 unspecified atom stereocenters. The summed E-state index contributed by atoms with van der Waals surface area (Å²) in [6, 6.07) is 3.25. The molecule has 0 spiro atoms. The van der Waals surface area contributed by atoms with Crippen LogP contribution in [0.1, 0.15) is 25.3 Å². The third-order valence-electron chi connectivity index (χ3n) is 3.78. The number of methoxy groups -OCH3 is 1. The fraction of sp³-hybridized carbons (Fsp3) is 0.333. The number of aromatic hydroxyl groups is 1. The van der Waals surface area contributed by atoms with Gasteiger partial charge in [0, 0.05) is 12.7 Å². The summed E-state index contributed by atoms with van der Waals surface area (Å²) in [6.45, 7) is 3.56. The summed E-state index contributed by atoms with van der Waals surface area (Å²) in [5, 5.41) is 20.9. The van der Waals surface area contributed by atoms with E-state index in [-0.39, 0.29) is 40.6 Å². The van der Waals surface area contributed by atoms with Crippen LogP contribution >= 0.6 is 23.2 Å². The van der Waals surface area contributed by atoms with Crippen molar-refractivity contribution >= 4 is 35.0 Å². The Kier molecular flexibility index (Phi) is 7.29. The molecule has 0 fully saturated rings. The molecule has 0 saturated carbocycles. The number of carbonyl (C=O) groups is 1. The number of aliphatic carboxylic acids is 1. The number of nitrogens with zero attached hydrogens (tertiary/aromatic N) is 1. The van der Waals surface area contributed by atoms with Gasteiger partial charge in [0.05, 0.1) is 6.61 Å². The Morgan fingerprint density at radius 3 is 2.57 bits per heavy atom.